The smallest absolute Gasteiger partial charge is 0.0207 e. The van der Waals surface area contributed by atoms with Gasteiger partial charge in [-0.2, -0.15) is 0 Å². The van der Waals surface area contributed by atoms with Gasteiger partial charge in [-0.15, -0.1) is 0 Å². The van der Waals surface area contributed by atoms with Crippen molar-refractivity contribution in [3.8, 4) is 0 Å². The summed E-state index contributed by atoms with van der Waals surface area (Å²) in [5.41, 5.74) is 0.837. The lowest BCUT2D eigenvalue weighted by molar-refractivity contribution is 0.121. The average Bonchev–Trinajstić information content (AvgIpc) is 2.40. The van der Waals surface area contributed by atoms with E-state index in [9.17, 15) is 0 Å². The van der Waals surface area contributed by atoms with Crippen molar-refractivity contribution in [2.24, 2.45) is 29.1 Å². The summed E-state index contributed by atoms with van der Waals surface area (Å²) in [5.74, 6) is 4.14. The minimum absolute atomic E-state index is 0.837. The molecule has 2 aliphatic carbocycles. The SMILES string of the molecule is CCCC(C(C)C)C12CCC1C2C. The van der Waals surface area contributed by atoms with E-state index in [-0.39, 0.29) is 0 Å². The standard InChI is InChI=1S/C13H24/c1-5-6-11(9(2)3)13-8-7-12(13)10(13)4/h9-12H,5-8H2,1-4H3. The second-order valence-corrected chi connectivity index (χ2v) is 5.69. The molecule has 4 unspecified atom stereocenters. The highest BCUT2D eigenvalue weighted by Gasteiger charge is 2.70. The first kappa shape index (κ1) is 9.55. The quantitative estimate of drug-likeness (QED) is 0.611. The molecule has 0 aromatic carbocycles. The molecule has 13 heavy (non-hydrogen) atoms. The van der Waals surface area contributed by atoms with Gasteiger partial charge in [0.25, 0.3) is 0 Å². The van der Waals surface area contributed by atoms with Crippen LogP contribution in [0, 0.1) is 29.1 Å². The van der Waals surface area contributed by atoms with Gasteiger partial charge < -0.3 is 0 Å². The van der Waals surface area contributed by atoms with Gasteiger partial charge in [-0.1, -0.05) is 34.1 Å². The summed E-state index contributed by atoms with van der Waals surface area (Å²) < 4.78 is 0. The third-order valence-electron chi connectivity index (χ3n) is 5.02. The minimum Gasteiger partial charge on any atom is -0.0654 e. The second-order valence-electron chi connectivity index (χ2n) is 5.69. The van der Waals surface area contributed by atoms with E-state index in [1.54, 1.807) is 6.42 Å². The third kappa shape index (κ3) is 1.10. The number of hydrogen-bond acceptors (Lipinski definition) is 0. The van der Waals surface area contributed by atoms with Crippen LogP contribution in [0.2, 0.25) is 0 Å². The molecular weight excluding hydrogens is 156 g/mol. The molecule has 0 radical (unpaired) electrons. The van der Waals surface area contributed by atoms with Crippen LogP contribution in [0.5, 0.6) is 0 Å². The summed E-state index contributed by atoms with van der Waals surface area (Å²) in [6.45, 7) is 9.68. The molecule has 76 valence electrons. The Kier molecular flexibility index (Phi) is 2.20. The predicted molar refractivity (Wildman–Crippen MR) is 57.6 cm³/mol. The predicted octanol–water partition coefficient (Wildman–Crippen LogP) is 4.10. The Labute approximate surface area is 83.1 Å². The van der Waals surface area contributed by atoms with E-state index in [0.29, 0.717) is 0 Å². The fourth-order valence-corrected chi connectivity index (χ4v) is 4.21. The number of hydrogen-bond donors (Lipinski definition) is 0. The zero-order valence-electron chi connectivity index (χ0n) is 9.64. The molecule has 4 atom stereocenters. The Morgan fingerprint density at radius 1 is 1.38 bits per heavy atom. The van der Waals surface area contributed by atoms with Crippen LogP contribution in [0.3, 0.4) is 0 Å². The van der Waals surface area contributed by atoms with Gasteiger partial charge in [0, 0.05) is 0 Å². The van der Waals surface area contributed by atoms with Crippen LogP contribution in [-0.4, -0.2) is 0 Å². The van der Waals surface area contributed by atoms with Crippen molar-refractivity contribution < 1.29 is 0 Å². The largest absolute Gasteiger partial charge is 0.0654 e. The molecule has 0 heterocycles. The van der Waals surface area contributed by atoms with Crippen LogP contribution in [0.4, 0.5) is 0 Å². The molecule has 0 aliphatic heterocycles. The van der Waals surface area contributed by atoms with Crippen molar-refractivity contribution in [1.29, 1.82) is 0 Å². The minimum atomic E-state index is 0.837. The van der Waals surface area contributed by atoms with Crippen LogP contribution < -0.4 is 0 Å². The monoisotopic (exact) mass is 180 g/mol. The molecule has 0 aromatic heterocycles. The van der Waals surface area contributed by atoms with Gasteiger partial charge in [0.2, 0.25) is 0 Å². The van der Waals surface area contributed by atoms with Crippen LogP contribution in [0.1, 0.15) is 53.4 Å². The van der Waals surface area contributed by atoms with Crippen molar-refractivity contribution >= 4 is 0 Å². The van der Waals surface area contributed by atoms with E-state index < -0.39 is 0 Å². The van der Waals surface area contributed by atoms with E-state index in [2.05, 4.69) is 27.7 Å². The van der Waals surface area contributed by atoms with Crippen molar-refractivity contribution in [2.45, 2.75) is 53.4 Å². The third-order valence-corrected chi connectivity index (χ3v) is 5.02. The fraction of sp³-hybridized carbons (Fsp3) is 1.00. The highest BCUT2D eigenvalue weighted by atomic mass is 14.7. The van der Waals surface area contributed by atoms with Gasteiger partial charge in [0.15, 0.2) is 0 Å². The maximum absolute atomic E-state index is 2.49. The lowest BCUT2D eigenvalue weighted by Gasteiger charge is -2.37. The first-order chi connectivity index (χ1) is 6.14. The molecule has 0 N–H and O–H groups in total. The molecular formula is C13H24. The molecule has 2 rings (SSSR count). The fourth-order valence-electron chi connectivity index (χ4n) is 4.21. The summed E-state index contributed by atoms with van der Waals surface area (Å²) >= 11 is 0. The number of rotatable bonds is 4. The second kappa shape index (κ2) is 3.00. The van der Waals surface area contributed by atoms with E-state index in [4.69, 9.17) is 0 Å². The normalized spacial score (nSPS) is 44.1. The molecule has 0 aromatic rings. The van der Waals surface area contributed by atoms with E-state index >= 15 is 0 Å². The zero-order chi connectivity index (χ0) is 9.64. The Balaban J connectivity index is 2.04. The molecule has 2 aliphatic rings. The van der Waals surface area contributed by atoms with Crippen LogP contribution >= 0.6 is 0 Å². The molecule has 0 nitrogen and oxygen atoms in total. The maximum atomic E-state index is 2.49. The van der Waals surface area contributed by atoms with Crippen molar-refractivity contribution in [2.75, 3.05) is 0 Å². The van der Waals surface area contributed by atoms with Crippen molar-refractivity contribution in [3.05, 3.63) is 0 Å². The molecule has 0 bridgehead atoms. The molecule has 0 amide bonds. The van der Waals surface area contributed by atoms with Gasteiger partial charge >= 0.3 is 0 Å². The summed E-state index contributed by atoms with van der Waals surface area (Å²) in [7, 11) is 0. The molecule has 0 saturated heterocycles. The first-order valence-electron chi connectivity index (χ1n) is 6.14. The topological polar surface area (TPSA) is 0 Å². The van der Waals surface area contributed by atoms with Crippen molar-refractivity contribution in [1.82, 2.24) is 0 Å². The Morgan fingerprint density at radius 3 is 2.31 bits per heavy atom. The molecule has 2 saturated carbocycles. The summed E-state index contributed by atoms with van der Waals surface area (Å²) in [4.78, 5) is 0. The van der Waals surface area contributed by atoms with E-state index in [1.165, 1.54) is 19.3 Å². The molecule has 0 spiro atoms. The van der Waals surface area contributed by atoms with Crippen LogP contribution in [-0.2, 0) is 0 Å². The van der Waals surface area contributed by atoms with Gasteiger partial charge in [-0.25, -0.2) is 0 Å². The first-order valence-corrected chi connectivity index (χ1v) is 6.14. The Bertz CT molecular complexity index is 188. The van der Waals surface area contributed by atoms with E-state index in [1.807, 2.05) is 0 Å². The average molecular weight is 180 g/mol. The summed E-state index contributed by atoms with van der Waals surface area (Å²) in [5, 5.41) is 0. The summed E-state index contributed by atoms with van der Waals surface area (Å²) in [6, 6.07) is 0. The maximum Gasteiger partial charge on any atom is -0.0207 e. The highest BCUT2D eigenvalue weighted by molar-refractivity contribution is 5.18. The van der Waals surface area contributed by atoms with Gasteiger partial charge in [0.1, 0.15) is 0 Å². The van der Waals surface area contributed by atoms with Crippen molar-refractivity contribution in [3.63, 3.8) is 0 Å². The Hall–Kier alpha value is 0. The summed E-state index contributed by atoms with van der Waals surface area (Å²) in [6.07, 6.45) is 5.93. The van der Waals surface area contributed by atoms with Crippen LogP contribution in [0.15, 0.2) is 0 Å². The van der Waals surface area contributed by atoms with Gasteiger partial charge in [-0.3, -0.25) is 0 Å². The lowest BCUT2D eigenvalue weighted by atomic mass is 9.68. The van der Waals surface area contributed by atoms with Crippen LogP contribution in [0.25, 0.3) is 0 Å². The van der Waals surface area contributed by atoms with E-state index in [0.717, 1.165) is 29.1 Å². The Morgan fingerprint density at radius 2 is 2.08 bits per heavy atom. The van der Waals surface area contributed by atoms with Gasteiger partial charge in [0.05, 0.1) is 0 Å². The molecule has 2 fully saturated rings. The lowest BCUT2D eigenvalue weighted by Crippen LogP contribution is -2.29. The molecule has 0 heteroatoms. The number of fused-ring (bicyclic) bond motifs is 1. The van der Waals surface area contributed by atoms with Gasteiger partial charge in [-0.05, 0) is 48.3 Å². The highest BCUT2D eigenvalue weighted by Crippen LogP contribution is 2.77. The zero-order valence-corrected chi connectivity index (χ0v) is 9.64.